The molecule has 2 rings (SSSR count). The highest BCUT2D eigenvalue weighted by atomic mass is 79.9. The first-order valence-electron chi connectivity index (χ1n) is 6.22. The lowest BCUT2D eigenvalue weighted by Crippen LogP contribution is -2.13. The van der Waals surface area contributed by atoms with Gasteiger partial charge < -0.3 is 14.8 Å². The van der Waals surface area contributed by atoms with Gasteiger partial charge in [0.25, 0.3) is 0 Å². The topological polar surface area (TPSA) is 48.3 Å². The molecule has 0 amide bonds. The van der Waals surface area contributed by atoms with Crippen LogP contribution in [0, 0.1) is 0 Å². The summed E-state index contributed by atoms with van der Waals surface area (Å²) in [6.07, 6.45) is 3.85. The number of benzene rings is 1. The Kier molecular flexibility index (Phi) is 7.01. The quantitative estimate of drug-likeness (QED) is 0.842. The van der Waals surface area contributed by atoms with Crippen LogP contribution in [0.4, 0.5) is 0 Å². The van der Waals surface area contributed by atoms with Crippen molar-refractivity contribution in [3.63, 3.8) is 0 Å². The molecule has 0 aliphatic rings. The molecule has 0 spiro atoms. The minimum absolute atomic E-state index is 0. The molecule has 0 aliphatic carbocycles. The van der Waals surface area contributed by atoms with Crippen LogP contribution in [0.2, 0.25) is 0 Å². The zero-order chi connectivity index (χ0) is 14.5. The second-order valence-electron chi connectivity index (χ2n) is 4.42. The molecule has 0 radical (unpaired) electrons. The van der Waals surface area contributed by atoms with Crippen molar-refractivity contribution in [2.75, 3.05) is 14.2 Å². The van der Waals surface area contributed by atoms with Crippen molar-refractivity contribution in [3.05, 3.63) is 40.1 Å². The zero-order valence-corrected chi connectivity index (χ0v) is 14.6. The average Bonchev–Trinajstić information content (AvgIpc) is 2.85. The summed E-state index contributed by atoms with van der Waals surface area (Å²) in [5.74, 6) is 1.45. The van der Waals surface area contributed by atoms with Gasteiger partial charge in [0.15, 0.2) is 11.5 Å². The summed E-state index contributed by atoms with van der Waals surface area (Å²) in [6.45, 7) is 1.50. The van der Waals surface area contributed by atoms with Gasteiger partial charge in [0.2, 0.25) is 0 Å². The van der Waals surface area contributed by atoms with Gasteiger partial charge >= 0.3 is 0 Å². The van der Waals surface area contributed by atoms with Crippen LogP contribution < -0.4 is 14.8 Å². The van der Waals surface area contributed by atoms with Crippen LogP contribution in [0.15, 0.2) is 29.0 Å². The van der Waals surface area contributed by atoms with Crippen LogP contribution in [0.1, 0.15) is 11.1 Å². The SMILES string of the molecule is COc1cc(Br)c(CNCc2cnn(C)c2)cc1OC.Cl. The molecular weight excluding hydrogens is 358 g/mol. The molecule has 1 aromatic carbocycles. The van der Waals surface area contributed by atoms with E-state index < -0.39 is 0 Å². The molecule has 21 heavy (non-hydrogen) atoms. The molecule has 0 bridgehead atoms. The van der Waals surface area contributed by atoms with Crippen LogP contribution in [0.5, 0.6) is 11.5 Å². The highest BCUT2D eigenvalue weighted by molar-refractivity contribution is 9.10. The van der Waals surface area contributed by atoms with Crippen LogP contribution in [-0.4, -0.2) is 24.0 Å². The van der Waals surface area contributed by atoms with Crippen molar-refractivity contribution >= 4 is 28.3 Å². The summed E-state index contributed by atoms with van der Waals surface area (Å²) >= 11 is 3.55. The molecule has 5 nitrogen and oxygen atoms in total. The lowest BCUT2D eigenvalue weighted by Gasteiger charge is -2.12. The van der Waals surface area contributed by atoms with E-state index in [1.165, 1.54) is 0 Å². The Balaban J connectivity index is 0.00000220. The summed E-state index contributed by atoms with van der Waals surface area (Å²) in [7, 11) is 5.18. The molecule has 0 saturated carbocycles. The third-order valence-corrected chi connectivity index (χ3v) is 3.69. The molecule has 1 aromatic heterocycles. The third kappa shape index (κ3) is 4.62. The lowest BCUT2D eigenvalue weighted by atomic mass is 10.2. The Hall–Kier alpha value is -1.24. The van der Waals surface area contributed by atoms with E-state index in [0.717, 1.165) is 40.2 Å². The highest BCUT2D eigenvalue weighted by Gasteiger charge is 2.09. The summed E-state index contributed by atoms with van der Waals surface area (Å²) in [4.78, 5) is 0. The van der Waals surface area contributed by atoms with Crippen LogP contribution in [-0.2, 0) is 20.1 Å². The maximum atomic E-state index is 5.31. The summed E-state index contributed by atoms with van der Waals surface area (Å²) in [6, 6.07) is 3.89. The van der Waals surface area contributed by atoms with E-state index in [9.17, 15) is 0 Å². The second kappa shape index (κ2) is 8.26. The van der Waals surface area contributed by atoms with Gasteiger partial charge in [-0.2, -0.15) is 5.10 Å². The van der Waals surface area contributed by atoms with Crippen molar-refractivity contribution in [2.24, 2.45) is 7.05 Å². The molecule has 0 saturated heterocycles. The normalized spacial score (nSPS) is 10.1. The average molecular weight is 377 g/mol. The van der Waals surface area contributed by atoms with E-state index in [1.807, 2.05) is 31.6 Å². The van der Waals surface area contributed by atoms with Crippen molar-refractivity contribution in [1.29, 1.82) is 0 Å². The van der Waals surface area contributed by atoms with Crippen LogP contribution in [0.25, 0.3) is 0 Å². The van der Waals surface area contributed by atoms with Gasteiger partial charge in [-0.1, -0.05) is 15.9 Å². The second-order valence-corrected chi connectivity index (χ2v) is 5.28. The first-order valence-corrected chi connectivity index (χ1v) is 7.02. The highest BCUT2D eigenvalue weighted by Crippen LogP contribution is 2.33. The zero-order valence-electron chi connectivity index (χ0n) is 12.2. The van der Waals surface area contributed by atoms with Gasteiger partial charge in [-0.25, -0.2) is 0 Å². The maximum absolute atomic E-state index is 5.31. The van der Waals surface area contributed by atoms with Crippen LogP contribution in [0.3, 0.4) is 0 Å². The Morgan fingerprint density at radius 3 is 2.43 bits per heavy atom. The Bertz CT molecular complexity index is 590. The van der Waals surface area contributed by atoms with E-state index in [-0.39, 0.29) is 12.4 Å². The van der Waals surface area contributed by atoms with E-state index in [1.54, 1.807) is 18.9 Å². The Labute approximate surface area is 139 Å². The maximum Gasteiger partial charge on any atom is 0.161 e. The number of methoxy groups -OCH3 is 2. The van der Waals surface area contributed by atoms with E-state index >= 15 is 0 Å². The minimum atomic E-state index is 0. The molecular formula is C14H19BrClN3O2. The molecule has 0 aliphatic heterocycles. The number of hydrogen-bond donors (Lipinski definition) is 1. The van der Waals surface area contributed by atoms with Gasteiger partial charge in [-0.3, -0.25) is 4.68 Å². The number of aromatic nitrogens is 2. The molecule has 0 fully saturated rings. The fourth-order valence-electron chi connectivity index (χ4n) is 1.94. The van der Waals surface area contributed by atoms with Crippen LogP contribution >= 0.6 is 28.3 Å². The smallest absolute Gasteiger partial charge is 0.161 e. The van der Waals surface area contributed by atoms with Gasteiger partial charge in [0.05, 0.1) is 20.4 Å². The van der Waals surface area contributed by atoms with E-state index in [2.05, 4.69) is 26.3 Å². The lowest BCUT2D eigenvalue weighted by molar-refractivity contribution is 0.354. The van der Waals surface area contributed by atoms with Crippen molar-refractivity contribution in [2.45, 2.75) is 13.1 Å². The third-order valence-electron chi connectivity index (χ3n) is 2.96. The number of aryl methyl sites for hydroxylation is 1. The number of nitrogens with one attached hydrogen (secondary N) is 1. The fraction of sp³-hybridized carbons (Fsp3) is 0.357. The summed E-state index contributed by atoms with van der Waals surface area (Å²) in [5, 5.41) is 7.52. The molecule has 0 atom stereocenters. The van der Waals surface area contributed by atoms with Crippen molar-refractivity contribution in [3.8, 4) is 11.5 Å². The predicted molar refractivity (Wildman–Crippen MR) is 88.2 cm³/mol. The minimum Gasteiger partial charge on any atom is -0.493 e. The van der Waals surface area contributed by atoms with Gasteiger partial charge in [-0.05, 0) is 17.7 Å². The molecule has 1 N–H and O–H groups in total. The summed E-state index contributed by atoms with van der Waals surface area (Å²) < 4.78 is 13.4. The predicted octanol–water partition coefficient (Wildman–Crippen LogP) is 2.91. The molecule has 1 heterocycles. The first-order chi connectivity index (χ1) is 9.63. The molecule has 2 aromatic rings. The first kappa shape index (κ1) is 17.8. The molecule has 7 heteroatoms. The Morgan fingerprint density at radius 1 is 1.19 bits per heavy atom. The number of ether oxygens (including phenoxy) is 2. The largest absolute Gasteiger partial charge is 0.493 e. The van der Waals surface area contributed by atoms with E-state index in [4.69, 9.17) is 9.47 Å². The van der Waals surface area contributed by atoms with Gasteiger partial charge in [-0.15, -0.1) is 12.4 Å². The molecule has 0 unspecified atom stereocenters. The van der Waals surface area contributed by atoms with Crippen molar-refractivity contribution in [1.82, 2.24) is 15.1 Å². The monoisotopic (exact) mass is 375 g/mol. The fourth-order valence-corrected chi connectivity index (χ4v) is 2.40. The Morgan fingerprint density at radius 2 is 1.86 bits per heavy atom. The standard InChI is InChI=1S/C14H18BrN3O2.ClH/c1-18-9-10(7-17-18)6-16-8-11-4-13(19-2)14(20-3)5-12(11)15;/h4-5,7,9,16H,6,8H2,1-3H3;1H. The van der Waals surface area contributed by atoms with Crippen molar-refractivity contribution < 1.29 is 9.47 Å². The summed E-state index contributed by atoms with van der Waals surface area (Å²) in [5.41, 5.74) is 2.27. The number of halogens is 2. The van der Waals surface area contributed by atoms with E-state index in [0.29, 0.717) is 0 Å². The number of hydrogen-bond acceptors (Lipinski definition) is 4. The van der Waals surface area contributed by atoms with Gasteiger partial charge in [0.1, 0.15) is 0 Å². The van der Waals surface area contributed by atoms with Gasteiger partial charge in [0, 0.05) is 36.4 Å². The molecule has 116 valence electrons. The number of nitrogens with zero attached hydrogens (tertiary/aromatic N) is 2. The number of rotatable bonds is 6.